The molecule has 0 aliphatic rings. The van der Waals surface area contributed by atoms with Crippen LogP contribution in [-0.2, 0) is 0 Å². The second-order valence-corrected chi connectivity index (χ2v) is 5.11. The topological polar surface area (TPSA) is 32.3 Å². The van der Waals surface area contributed by atoms with E-state index in [4.69, 9.17) is 16.7 Å². The van der Waals surface area contributed by atoms with Crippen molar-refractivity contribution < 1.29 is 13.9 Å². The Kier molecular flexibility index (Phi) is 5.31. The number of rotatable bonds is 5. The molecule has 0 radical (unpaired) electrons. The first-order valence-corrected chi connectivity index (χ1v) is 6.20. The van der Waals surface area contributed by atoms with Gasteiger partial charge in [0.15, 0.2) is 0 Å². The maximum absolute atomic E-state index is 12.8. The van der Waals surface area contributed by atoms with Crippen LogP contribution in [-0.4, -0.2) is 24.2 Å². The van der Waals surface area contributed by atoms with E-state index >= 15 is 0 Å². The second kappa shape index (κ2) is 6.09. The largest absolute Gasteiger partial charge is 0.390 e. The molecule has 0 saturated carbocycles. The van der Waals surface area contributed by atoms with Gasteiger partial charge in [-0.2, -0.15) is 0 Å². The number of aliphatic hydroxyl groups excluding tert-OH is 1. The summed E-state index contributed by atoms with van der Waals surface area (Å²) in [6, 6.07) is 4.96. The Labute approximate surface area is 112 Å². The van der Waals surface area contributed by atoms with Crippen LogP contribution in [0.3, 0.4) is 0 Å². The van der Waals surface area contributed by atoms with E-state index in [1.165, 1.54) is 0 Å². The summed E-state index contributed by atoms with van der Waals surface area (Å²) in [5.74, 6) is -3.11. The third-order valence-electron chi connectivity index (χ3n) is 2.33. The van der Waals surface area contributed by atoms with Gasteiger partial charge < -0.3 is 10.4 Å². The maximum atomic E-state index is 12.8. The summed E-state index contributed by atoms with van der Waals surface area (Å²) >= 11 is 9.27. The number of alkyl halides is 2. The molecule has 1 atom stereocenters. The lowest BCUT2D eigenvalue weighted by Gasteiger charge is -2.20. The van der Waals surface area contributed by atoms with Gasteiger partial charge in [-0.1, -0.05) is 33.6 Å². The van der Waals surface area contributed by atoms with E-state index in [1.54, 1.807) is 25.1 Å². The van der Waals surface area contributed by atoms with Gasteiger partial charge in [-0.05, 0) is 24.6 Å². The van der Waals surface area contributed by atoms with Crippen molar-refractivity contribution in [2.75, 3.05) is 13.2 Å². The van der Waals surface area contributed by atoms with Crippen molar-refractivity contribution in [3.8, 4) is 0 Å². The van der Waals surface area contributed by atoms with Crippen molar-refractivity contribution in [3.05, 3.63) is 33.3 Å². The summed E-state index contributed by atoms with van der Waals surface area (Å²) in [6.45, 7) is -0.0135. The van der Waals surface area contributed by atoms with Crippen LogP contribution in [0.25, 0.3) is 0 Å². The summed E-state index contributed by atoms with van der Waals surface area (Å²) < 4.78 is 26.5. The first-order chi connectivity index (χ1) is 7.85. The predicted octanol–water partition coefficient (Wildman–Crippen LogP) is 3.38. The third kappa shape index (κ3) is 4.50. The molecule has 0 bridgehead atoms. The highest BCUT2D eigenvalue weighted by atomic mass is 79.9. The SMILES string of the molecule is CC(NCC(F)(F)CO)c1ccc(Br)cc1Cl. The van der Waals surface area contributed by atoms with Crippen molar-refractivity contribution in [3.63, 3.8) is 0 Å². The van der Waals surface area contributed by atoms with Crippen LogP contribution in [0.4, 0.5) is 8.78 Å². The quantitative estimate of drug-likeness (QED) is 0.868. The Bertz CT molecular complexity index is 390. The van der Waals surface area contributed by atoms with Gasteiger partial charge in [0.1, 0.15) is 6.61 Å². The third-order valence-corrected chi connectivity index (χ3v) is 3.15. The fraction of sp³-hybridized carbons (Fsp3) is 0.455. The molecular weight excluding hydrogens is 315 g/mol. The minimum absolute atomic E-state index is 0.312. The predicted molar refractivity (Wildman–Crippen MR) is 67.6 cm³/mol. The van der Waals surface area contributed by atoms with E-state index in [9.17, 15) is 8.78 Å². The molecule has 0 amide bonds. The molecular formula is C11H13BrClF2NO. The first kappa shape index (κ1) is 14.8. The average Bonchev–Trinajstić information content (AvgIpc) is 2.26. The molecule has 2 nitrogen and oxygen atoms in total. The summed E-state index contributed by atoms with van der Waals surface area (Å²) in [4.78, 5) is 0. The summed E-state index contributed by atoms with van der Waals surface area (Å²) in [5.41, 5.74) is 0.739. The van der Waals surface area contributed by atoms with E-state index in [0.717, 1.165) is 10.0 Å². The number of benzene rings is 1. The number of aliphatic hydroxyl groups is 1. The van der Waals surface area contributed by atoms with Gasteiger partial charge in [0.25, 0.3) is 5.92 Å². The molecule has 6 heteroatoms. The lowest BCUT2D eigenvalue weighted by Crippen LogP contribution is -2.37. The molecule has 0 aliphatic heterocycles. The highest BCUT2D eigenvalue weighted by Gasteiger charge is 2.28. The van der Waals surface area contributed by atoms with Crippen LogP contribution in [0.2, 0.25) is 5.02 Å². The van der Waals surface area contributed by atoms with E-state index in [2.05, 4.69) is 21.2 Å². The van der Waals surface area contributed by atoms with Gasteiger partial charge >= 0.3 is 0 Å². The number of halogens is 4. The van der Waals surface area contributed by atoms with Crippen molar-refractivity contribution in [1.82, 2.24) is 5.32 Å². The molecule has 1 aromatic carbocycles. The normalized spacial score (nSPS) is 13.8. The number of hydrogen-bond acceptors (Lipinski definition) is 2. The van der Waals surface area contributed by atoms with Gasteiger partial charge in [-0.3, -0.25) is 0 Å². The second-order valence-electron chi connectivity index (χ2n) is 3.78. The van der Waals surface area contributed by atoms with Crippen molar-refractivity contribution in [2.24, 2.45) is 0 Å². The van der Waals surface area contributed by atoms with Crippen LogP contribution in [0.15, 0.2) is 22.7 Å². The minimum Gasteiger partial charge on any atom is -0.390 e. The van der Waals surface area contributed by atoms with E-state index in [-0.39, 0.29) is 6.04 Å². The molecule has 1 unspecified atom stereocenters. The van der Waals surface area contributed by atoms with E-state index in [0.29, 0.717) is 5.02 Å². The molecule has 17 heavy (non-hydrogen) atoms. The summed E-state index contributed by atoms with van der Waals surface area (Å²) in [5, 5.41) is 11.6. The standard InChI is InChI=1S/C11H13BrClF2NO/c1-7(16-5-11(14,15)6-17)9-3-2-8(12)4-10(9)13/h2-4,7,16-17H,5-6H2,1H3. The monoisotopic (exact) mass is 327 g/mol. The first-order valence-electron chi connectivity index (χ1n) is 5.03. The minimum atomic E-state index is -3.11. The molecule has 1 rings (SSSR count). The molecule has 2 N–H and O–H groups in total. The molecule has 0 aliphatic carbocycles. The molecule has 1 aromatic rings. The molecule has 0 aromatic heterocycles. The Morgan fingerprint density at radius 3 is 2.71 bits per heavy atom. The highest BCUT2D eigenvalue weighted by molar-refractivity contribution is 9.10. The smallest absolute Gasteiger partial charge is 0.282 e. The molecule has 0 spiro atoms. The fourth-order valence-corrected chi connectivity index (χ4v) is 2.16. The fourth-order valence-electron chi connectivity index (χ4n) is 1.32. The zero-order chi connectivity index (χ0) is 13.1. The van der Waals surface area contributed by atoms with Crippen molar-refractivity contribution >= 4 is 27.5 Å². The summed E-state index contributed by atoms with van der Waals surface area (Å²) in [7, 11) is 0. The Hall–Kier alpha value is -0.230. The molecule has 0 saturated heterocycles. The van der Waals surface area contributed by atoms with Gasteiger partial charge in [0.2, 0.25) is 0 Å². The van der Waals surface area contributed by atoms with Gasteiger partial charge in [-0.25, -0.2) is 8.78 Å². The van der Waals surface area contributed by atoms with E-state index in [1.807, 2.05) is 0 Å². The molecule has 96 valence electrons. The van der Waals surface area contributed by atoms with Crippen LogP contribution in [0.5, 0.6) is 0 Å². The van der Waals surface area contributed by atoms with Crippen molar-refractivity contribution in [1.29, 1.82) is 0 Å². The molecule has 0 heterocycles. The van der Waals surface area contributed by atoms with E-state index < -0.39 is 19.1 Å². The van der Waals surface area contributed by atoms with Crippen LogP contribution < -0.4 is 5.32 Å². The highest BCUT2D eigenvalue weighted by Crippen LogP contribution is 2.26. The Balaban J connectivity index is 2.67. The van der Waals surface area contributed by atoms with Crippen LogP contribution >= 0.6 is 27.5 Å². The van der Waals surface area contributed by atoms with Crippen molar-refractivity contribution in [2.45, 2.75) is 18.9 Å². The van der Waals surface area contributed by atoms with Gasteiger partial charge in [0, 0.05) is 15.5 Å². The average molecular weight is 329 g/mol. The zero-order valence-electron chi connectivity index (χ0n) is 9.18. The lowest BCUT2D eigenvalue weighted by atomic mass is 10.1. The lowest BCUT2D eigenvalue weighted by molar-refractivity contribution is -0.0490. The Morgan fingerprint density at radius 1 is 1.53 bits per heavy atom. The zero-order valence-corrected chi connectivity index (χ0v) is 11.5. The number of hydrogen-bond donors (Lipinski definition) is 2. The van der Waals surface area contributed by atoms with Crippen LogP contribution in [0, 0.1) is 0 Å². The maximum Gasteiger partial charge on any atom is 0.282 e. The Morgan fingerprint density at radius 2 is 2.18 bits per heavy atom. The summed E-state index contributed by atoms with van der Waals surface area (Å²) in [6.07, 6.45) is 0. The number of nitrogens with one attached hydrogen (secondary N) is 1. The van der Waals surface area contributed by atoms with Gasteiger partial charge in [-0.15, -0.1) is 0 Å². The molecule has 0 fully saturated rings. The van der Waals surface area contributed by atoms with Crippen LogP contribution in [0.1, 0.15) is 18.5 Å². The van der Waals surface area contributed by atoms with Gasteiger partial charge in [0.05, 0.1) is 6.54 Å².